The Kier molecular flexibility index (Phi) is 8.45. The third-order valence-corrected chi connectivity index (χ3v) is 6.19. The summed E-state index contributed by atoms with van der Waals surface area (Å²) in [6, 6.07) is 13.0. The first kappa shape index (κ1) is 23.2. The number of sulfonamides is 1. The number of rotatable bonds is 10. The van der Waals surface area contributed by atoms with Crippen molar-refractivity contribution in [3.05, 3.63) is 59.1 Å². The van der Waals surface area contributed by atoms with Crippen molar-refractivity contribution in [3.8, 4) is 5.75 Å². The molecule has 1 atom stereocenters. The number of ether oxygens (including phenoxy) is 2. The minimum absolute atomic E-state index is 0.0167. The van der Waals surface area contributed by atoms with Gasteiger partial charge in [0.05, 0.1) is 30.2 Å². The molecule has 1 amide bonds. The molecule has 0 spiro atoms. The molecular weight excluding hydrogens is 416 g/mol. The standard InChI is InChI=1S/C20H25ClN2O5S/c1-15(14-27-2)22-20(24)13-23(12-16-7-5-4-6-8-16)29(25,26)17-9-10-19(28-3)18(21)11-17/h4-11,15H,12-14H2,1-3H3,(H,22,24)/t15-/m0/s1. The molecule has 0 aliphatic carbocycles. The van der Waals surface area contributed by atoms with E-state index < -0.39 is 15.9 Å². The number of carbonyl (C=O) groups is 1. The molecule has 158 valence electrons. The maximum Gasteiger partial charge on any atom is 0.243 e. The van der Waals surface area contributed by atoms with E-state index >= 15 is 0 Å². The van der Waals surface area contributed by atoms with Crippen molar-refractivity contribution in [1.82, 2.24) is 9.62 Å². The van der Waals surface area contributed by atoms with Crippen LogP contribution < -0.4 is 10.1 Å². The number of amides is 1. The lowest BCUT2D eigenvalue weighted by Crippen LogP contribution is -2.44. The average molecular weight is 441 g/mol. The fraction of sp³-hybridized carbons (Fsp3) is 0.350. The van der Waals surface area contributed by atoms with E-state index in [1.54, 1.807) is 19.1 Å². The highest BCUT2D eigenvalue weighted by Crippen LogP contribution is 2.28. The van der Waals surface area contributed by atoms with Gasteiger partial charge in [-0.3, -0.25) is 4.79 Å². The lowest BCUT2D eigenvalue weighted by molar-refractivity contribution is -0.122. The number of methoxy groups -OCH3 is 2. The van der Waals surface area contributed by atoms with Crippen LogP contribution in [0.4, 0.5) is 0 Å². The minimum Gasteiger partial charge on any atom is -0.495 e. The Morgan fingerprint density at radius 2 is 1.86 bits per heavy atom. The van der Waals surface area contributed by atoms with Gasteiger partial charge >= 0.3 is 0 Å². The first-order chi connectivity index (χ1) is 13.8. The van der Waals surface area contributed by atoms with Crippen LogP contribution in [0.15, 0.2) is 53.4 Å². The van der Waals surface area contributed by atoms with Gasteiger partial charge in [-0.25, -0.2) is 8.42 Å². The number of carbonyl (C=O) groups excluding carboxylic acids is 1. The summed E-state index contributed by atoms with van der Waals surface area (Å²) in [6.07, 6.45) is 0. The maximum absolute atomic E-state index is 13.3. The zero-order valence-corrected chi connectivity index (χ0v) is 18.2. The zero-order valence-electron chi connectivity index (χ0n) is 16.6. The monoisotopic (exact) mass is 440 g/mol. The van der Waals surface area contributed by atoms with Gasteiger partial charge in [0, 0.05) is 19.7 Å². The Morgan fingerprint density at radius 3 is 2.45 bits per heavy atom. The predicted molar refractivity (Wildman–Crippen MR) is 112 cm³/mol. The fourth-order valence-electron chi connectivity index (χ4n) is 2.74. The molecule has 0 fully saturated rings. The van der Waals surface area contributed by atoms with E-state index in [0.29, 0.717) is 12.4 Å². The molecule has 2 aromatic carbocycles. The van der Waals surface area contributed by atoms with Crippen LogP contribution in [-0.2, 0) is 26.1 Å². The lowest BCUT2D eigenvalue weighted by atomic mass is 10.2. The third kappa shape index (κ3) is 6.43. The summed E-state index contributed by atoms with van der Waals surface area (Å²) in [6.45, 7) is 1.81. The van der Waals surface area contributed by atoms with Gasteiger partial charge in [-0.2, -0.15) is 4.31 Å². The molecule has 0 unspecified atom stereocenters. The van der Waals surface area contributed by atoms with Gasteiger partial charge < -0.3 is 14.8 Å². The van der Waals surface area contributed by atoms with Gasteiger partial charge in [0.25, 0.3) is 0 Å². The van der Waals surface area contributed by atoms with Gasteiger partial charge in [-0.05, 0) is 30.7 Å². The van der Waals surface area contributed by atoms with E-state index in [4.69, 9.17) is 21.1 Å². The molecular formula is C20H25ClN2O5S. The van der Waals surface area contributed by atoms with Crippen molar-refractivity contribution in [2.24, 2.45) is 0 Å². The molecule has 1 N–H and O–H groups in total. The smallest absolute Gasteiger partial charge is 0.243 e. The lowest BCUT2D eigenvalue weighted by Gasteiger charge is -2.23. The molecule has 0 aliphatic heterocycles. The predicted octanol–water partition coefficient (Wildman–Crippen LogP) is 2.69. The molecule has 2 aromatic rings. The van der Waals surface area contributed by atoms with Crippen LogP contribution in [0.1, 0.15) is 12.5 Å². The van der Waals surface area contributed by atoms with Crippen LogP contribution in [0.2, 0.25) is 5.02 Å². The van der Waals surface area contributed by atoms with Gasteiger partial charge in [-0.1, -0.05) is 41.9 Å². The van der Waals surface area contributed by atoms with Crippen molar-refractivity contribution < 1.29 is 22.7 Å². The molecule has 0 heterocycles. The third-order valence-electron chi connectivity index (χ3n) is 4.11. The Bertz CT molecular complexity index is 922. The largest absolute Gasteiger partial charge is 0.495 e. The molecule has 0 radical (unpaired) electrons. The molecule has 0 aromatic heterocycles. The second-order valence-corrected chi connectivity index (χ2v) is 8.82. The van der Waals surface area contributed by atoms with E-state index in [9.17, 15) is 13.2 Å². The Labute approximate surface area is 176 Å². The van der Waals surface area contributed by atoms with Crippen LogP contribution in [0, 0.1) is 0 Å². The number of nitrogens with one attached hydrogen (secondary N) is 1. The van der Waals surface area contributed by atoms with Gasteiger partial charge in [-0.15, -0.1) is 0 Å². The molecule has 0 saturated heterocycles. The van der Waals surface area contributed by atoms with E-state index in [1.165, 1.54) is 32.4 Å². The van der Waals surface area contributed by atoms with E-state index in [2.05, 4.69) is 5.32 Å². The summed E-state index contributed by atoms with van der Waals surface area (Å²) >= 11 is 6.11. The van der Waals surface area contributed by atoms with Crippen LogP contribution in [-0.4, -0.2) is 52.0 Å². The summed E-state index contributed by atoms with van der Waals surface area (Å²) in [7, 11) is -1.01. The Hall–Kier alpha value is -2.13. The van der Waals surface area contributed by atoms with Gasteiger partial charge in [0.15, 0.2) is 0 Å². The summed E-state index contributed by atoms with van der Waals surface area (Å²) in [5.74, 6) is -0.0555. The number of benzene rings is 2. The number of halogens is 1. The van der Waals surface area contributed by atoms with Crippen molar-refractivity contribution in [2.75, 3.05) is 27.4 Å². The highest BCUT2D eigenvalue weighted by atomic mass is 35.5. The molecule has 0 saturated carbocycles. The van der Waals surface area contributed by atoms with Gasteiger partial charge in [0.2, 0.25) is 15.9 Å². The Balaban J connectivity index is 2.32. The first-order valence-electron chi connectivity index (χ1n) is 8.93. The molecule has 0 bridgehead atoms. The molecule has 29 heavy (non-hydrogen) atoms. The Morgan fingerprint density at radius 1 is 1.17 bits per heavy atom. The summed E-state index contributed by atoms with van der Waals surface area (Å²) in [5.41, 5.74) is 0.758. The molecule has 2 rings (SSSR count). The van der Waals surface area contributed by atoms with Crippen molar-refractivity contribution in [1.29, 1.82) is 0 Å². The fourth-order valence-corrected chi connectivity index (χ4v) is 4.48. The summed E-state index contributed by atoms with van der Waals surface area (Å²) in [4.78, 5) is 12.4. The highest BCUT2D eigenvalue weighted by Gasteiger charge is 2.28. The summed E-state index contributed by atoms with van der Waals surface area (Å²) in [5, 5.41) is 2.91. The van der Waals surface area contributed by atoms with E-state index in [-0.39, 0.29) is 29.0 Å². The number of hydrogen-bond acceptors (Lipinski definition) is 5. The van der Waals surface area contributed by atoms with Crippen LogP contribution in [0.25, 0.3) is 0 Å². The molecule has 7 nitrogen and oxygen atoms in total. The average Bonchev–Trinajstić information content (AvgIpc) is 2.68. The molecule has 0 aliphatic rings. The van der Waals surface area contributed by atoms with E-state index in [1.807, 2.05) is 18.2 Å². The number of hydrogen-bond donors (Lipinski definition) is 1. The van der Waals surface area contributed by atoms with Crippen LogP contribution in [0.3, 0.4) is 0 Å². The zero-order chi connectivity index (χ0) is 21.4. The van der Waals surface area contributed by atoms with Crippen molar-refractivity contribution in [3.63, 3.8) is 0 Å². The topological polar surface area (TPSA) is 84.9 Å². The van der Waals surface area contributed by atoms with Crippen LogP contribution >= 0.6 is 11.6 Å². The molecule has 9 heteroatoms. The maximum atomic E-state index is 13.3. The normalized spacial score (nSPS) is 12.6. The van der Waals surface area contributed by atoms with Gasteiger partial charge in [0.1, 0.15) is 5.75 Å². The van der Waals surface area contributed by atoms with Crippen LogP contribution in [0.5, 0.6) is 5.75 Å². The van der Waals surface area contributed by atoms with E-state index in [0.717, 1.165) is 9.87 Å². The second-order valence-electron chi connectivity index (χ2n) is 6.48. The minimum atomic E-state index is -3.99. The quantitative estimate of drug-likeness (QED) is 0.614. The SMILES string of the molecule is COC[C@H](C)NC(=O)CN(Cc1ccccc1)S(=O)(=O)c1ccc(OC)c(Cl)c1. The van der Waals surface area contributed by atoms with Crippen molar-refractivity contribution in [2.45, 2.75) is 24.4 Å². The second kappa shape index (κ2) is 10.6. The highest BCUT2D eigenvalue weighted by molar-refractivity contribution is 7.89. The first-order valence-corrected chi connectivity index (χ1v) is 10.8. The number of nitrogens with zero attached hydrogens (tertiary/aromatic N) is 1. The van der Waals surface area contributed by atoms with Crippen molar-refractivity contribution >= 4 is 27.5 Å². The summed E-state index contributed by atoms with van der Waals surface area (Å²) < 4.78 is 37.7.